The second kappa shape index (κ2) is 12.7. The fourth-order valence-electron chi connectivity index (χ4n) is 5.55. The number of hydrogen-bond donors (Lipinski definition) is 3. The first-order chi connectivity index (χ1) is 19.8. The lowest BCUT2D eigenvalue weighted by Gasteiger charge is -2.33. The molecule has 0 radical (unpaired) electrons. The van der Waals surface area contributed by atoms with Gasteiger partial charge >= 0.3 is 0 Å². The van der Waals surface area contributed by atoms with Crippen molar-refractivity contribution >= 4 is 34.4 Å². The average molecular weight is 575 g/mol. The summed E-state index contributed by atoms with van der Waals surface area (Å²) >= 11 is 6.48. The zero-order valence-electron chi connectivity index (χ0n) is 23.1. The van der Waals surface area contributed by atoms with Crippen LogP contribution in [0.2, 0.25) is 5.02 Å². The van der Waals surface area contributed by atoms with Gasteiger partial charge in [0.2, 0.25) is 17.7 Å². The number of nitrogens with two attached hydrogens (primary N) is 1. The fourth-order valence-corrected chi connectivity index (χ4v) is 5.77. The lowest BCUT2D eigenvalue weighted by molar-refractivity contribution is -0.132. The van der Waals surface area contributed by atoms with Gasteiger partial charge < -0.3 is 25.6 Å². The van der Waals surface area contributed by atoms with Crippen LogP contribution in [0.4, 0.5) is 0 Å². The highest BCUT2D eigenvalue weighted by Gasteiger charge is 2.29. The van der Waals surface area contributed by atoms with Gasteiger partial charge in [-0.3, -0.25) is 9.59 Å². The van der Waals surface area contributed by atoms with Gasteiger partial charge in [-0.15, -0.1) is 0 Å². The zero-order valence-corrected chi connectivity index (χ0v) is 23.8. The van der Waals surface area contributed by atoms with E-state index < -0.39 is 0 Å². The summed E-state index contributed by atoms with van der Waals surface area (Å²) in [7, 11) is 0. The quantitative estimate of drug-likeness (QED) is 0.274. The molecule has 0 bridgehead atoms. The number of nitrogens with zero attached hydrogens (tertiary/aromatic N) is 4. The molecule has 10 heteroatoms. The van der Waals surface area contributed by atoms with E-state index in [1.165, 1.54) is 6.92 Å². The first-order valence-corrected chi connectivity index (χ1v) is 14.3. The smallest absolute Gasteiger partial charge is 0.224 e. The number of benzene rings is 2. The number of piperidine rings is 1. The number of amides is 2. The Balaban J connectivity index is 1.23. The van der Waals surface area contributed by atoms with Crippen molar-refractivity contribution in [2.45, 2.75) is 51.1 Å². The van der Waals surface area contributed by atoms with Crippen LogP contribution in [0.15, 0.2) is 60.8 Å². The molecule has 0 spiro atoms. The number of nitrogens with one attached hydrogen (secondary N) is 1. The Morgan fingerprint density at radius 2 is 1.93 bits per heavy atom. The Hall–Kier alpha value is -3.95. The normalized spacial score (nSPS) is 16.1. The van der Waals surface area contributed by atoms with Crippen LogP contribution in [0.3, 0.4) is 0 Å². The number of carbonyl (C=O) groups excluding carboxylic acids is 2. The highest BCUT2D eigenvalue weighted by molar-refractivity contribution is 6.34. The van der Waals surface area contributed by atoms with Gasteiger partial charge in [0.25, 0.3) is 0 Å². The van der Waals surface area contributed by atoms with E-state index in [-0.39, 0.29) is 36.1 Å². The predicted octanol–water partition coefficient (Wildman–Crippen LogP) is 4.26. The molecule has 2 aromatic carbocycles. The molecule has 214 valence electrons. The molecule has 4 aromatic rings. The maximum atomic E-state index is 13.3. The molecule has 1 aliphatic rings. The van der Waals surface area contributed by atoms with Crippen LogP contribution in [0.25, 0.3) is 22.2 Å². The Bertz CT molecular complexity index is 1520. The van der Waals surface area contributed by atoms with Crippen LogP contribution in [-0.2, 0) is 22.6 Å². The van der Waals surface area contributed by atoms with E-state index >= 15 is 0 Å². The number of aromatic nitrogens is 3. The van der Waals surface area contributed by atoms with Crippen molar-refractivity contribution in [2.24, 2.45) is 5.73 Å². The van der Waals surface area contributed by atoms with E-state index in [1.807, 2.05) is 53.4 Å². The Morgan fingerprint density at radius 1 is 1.15 bits per heavy atom. The monoisotopic (exact) mass is 574 g/mol. The molecule has 2 amide bonds. The van der Waals surface area contributed by atoms with Crippen LogP contribution in [0, 0.1) is 0 Å². The molecule has 1 saturated heterocycles. The third kappa shape index (κ3) is 6.86. The van der Waals surface area contributed by atoms with Gasteiger partial charge in [0, 0.05) is 69.3 Å². The van der Waals surface area contributed by atoms with Gasteiger partial charge in [0.15, 0.2) is 0 Å². The van der Waals surface area contributed by atoms with Crippen molar-refractivity contribution < 1.29 is 14.7 Å². The number of imidazole rings is 1. The van der Waals surface area contributed by atoms with Crippen LogP contribution >= 0.6 is 11.6 Å². The third-order valence-electron chi connectivity index (χ3n) is 7.58. The number of fused-ring (bicyclic) bond motifs is 1. The molecule has 1 fully saturated rings. The fraction of sp³-hybridized carbons (Fsp3) is 0.355. The molecule has 0 saturated carbocycles. The van der Waals surface area contributed by atoms with Gasteiger partial charge in [0.05, 0.1) is 10.5 Å². The van der Waals surface area contributed by atoms with Crippen LogP contribution in [0.1, 0.15) is 43.5 Å². The predicted molar refractivity (Wildman–Crippen MR) is 160 cm³/mol. The second-order valence-corrected chi connectivity index (χ2v) is 11.1. The number of para-hydroxylation sites is 1. The molecule has 2 unspecified atom stereocenters. The Morgan fingerprint density at radius 3 is 2.66 bits per heavy atom. The zero-order chi connectivity index (χ0) is 28.9. The van der Waals surface area contributed by atoms with Gasteiger partial charge in [-0.1, -0.05) is 41.9 Å². The lowest BCUT2D eigenvalue weighted by atomic mass is 9.95. The lowest BCUT2D eigenvalue weighted by Crippen LogP contribution is -2.42. The summed E-state index contributed by atoms with van der Waals surface area (Å²) in [6.45, 7) is 3.83. The summed E-state index contributed by atoms with van der Waals surface area (Å²) in [6, 6.07) is 16.8. The molecular formula is C31H35ClN6O3. The number of likely N-dealkylation sites (tertiary alicyclic amines) is 1. The second-order valence-electron chi connectivity index (χ2n) is 10.7. The van der Waals surface area contributed by atoms with Crippen molar-refractivity contribution in [1.29, 1.82) is 0 Å². The SMILES string of the molecule is CC(=O)NCCn1c(C2CCCN(C(=O)CC(N)Cc3ccc(-c4ccc(O)nc4)cc3)C2)nc2c(Cl)cccc21. The number of carbonyl (C=O) groups is 2. The molecule has 2 aromatic heterocycles. The minimum atomic E-state index is -0.301. The summed E-state index contributed by atoms with van der Waals surface area (Å²) in [5.41, 5.74) is 11.1. The number of pyridine rings is 1. The van der Waals surface area contributed by atoms with Gasteiger partial charge in [-0.2, -0.15) is 0 Å². The van der Waals surface area contributed by atoms with Crippen molar-refractivity contribution in [1.82, 2.24) is 24.8 Å². The highest BCUT2D eigenvalue weighted by Crippen LogP contribution is 2.32. The van der Waals surface area contributed by atoms with Crippen molar-refractivity contribution in [3.63, 3.8) is 0 Å². The van der Waals surface area contributed by atoms with Gasteiger partial charge in [0.1, 0.15) is 11.3 Å². The minimum Gasteiger partial charge on any atom is -0.493 e. The molecule has 41 heavy (non-hydrogen) atoms. The third-order valence-corrected chi connectivity index (χ3v) is 7.88. The maximum Gasteiger partial charge on any atom is 0.224 e. The number of halogens is 1. The molecule has 0 aliphatic carbocycles. The average Bonchev–Trinajstić information content (AvgIpc) is 3.33. The van der Waals surface area contributed by atoms with Crippen molar-refractivity contribution in [3.05, 3.63) is 77.2 Å². The summed E-state index contributed by atoms with van der Waals surface area (Å²) in [5, 5.41) is 12.9. The molecule has 5 rings (SSSR count). The summed E-state index contributed by atoms with van der Waals surface area (Å²) < 4.78 is 2.12. The molecule has 9 nitrogen and oxygen atoms in total. The molecular weight excluding hydrogens is 540 g/mol. The van der Waals surface area contributed by atoms with Crippen molar-refractivity contribution in [3.8, 4) is 17.0 Å². The Labute approximate surface area is 244 Å². The first kappa shape index (κ1) is 28.6. The molecule has 1 aliphatic heterocycles. The van der Waals surface area contributed by atoms with E-state index in [1.54, 1.807) is 12.3 Å². The van der Waals surface area contributed by atoms with E-state index in [9.17, 15) is 14.7 Å². The van der Waals surface area contributed by atoms with Crippen LogP contribution in [-0.4, -0.2) is 62.0 Å². The number of rotatable bonds is 9. The highest BCUT2D eigenvalue weighted by atomic mass is 35.5. The van der Waals surface area contributed by atoms with E-state index in [4.69, 9.17) is 22.3 Å². The molecule has 2 atom stereocenters. The first-order valence-electron chi connectivity index (χ1n) is 13.9. The number of hydrogen-bond acceptors (Lipinski definition) is 6. The van der Waals surface area contributed by atoms with Crippen LogP contribution < -0.4 is 11.1 Å². The van der Waals surface area contributed by atoms with Gasteiger partial charge in [-0.25, -0.2) is 9.97 Å². The van der Waals surface area contributed by atoms with Gasteiger partial charge in [-0.05, 0) is 48.6 Å². The largest absolute Gasteiger partial charge is 0.493 e. The minimum absolute atomic E-state index is 0.00829. The Kier molecular flexibility index (Phi) is 8.85. The topological polar surface area (TPSA) is 126 Å². The van der Waals surface area contributed by atoms with E-state index in [0.717, 1.165) is 46.4 Å². The summed E-state index contributed by atoms with van der Waals surface area (Å²) in [4.78, 5) is 35.5. The van der Waals surface area contributed by atoms with Crippen LogP contribution in [0.5, 0.6) is 5.88 Å². The standard InChI is InChI=1S/C31H35ClN6O3/c1-20(39)34-13-15-38-27-6-2-5-26(32)30(27)36-31(38)24-4-3-14-37(19-24)29(41)17-25(33)16-21-7-9-22(10-8-21)23-11-12-28(40)35-18-23/h2,5-12,18,24-25H,3-4,13-17,19,33H2,1H3,(H,34,39)(H,35,40). The summed E-state index contributed by atoms with van der Waals surface area (Å²) in [6.07, 6.45) is 4.28. The number of aromatic hydroxyl groups is 1. The van der Waals surface area contributed by atoms with E-state index in [0.29, 0.717) is 37.6 Å². The summed E-state index contributed by atoms with van der Waals surface area (Å²) in [5.74, 6) is 0.917. The molecule has 4 N–H and O–H groups in total. The maximum absolute atomic E-state index is 13.3. The van der Waals surface area contributed by atoms with Crippen molar-refractivity contribution in [2.75, 3.05) is 19.6 Å². The van der Waals surface area contributed by atoms with E-state index in [2.05, 4.69) is 14.9 Å². The molecule has 3 heterocycles.